The monoisotopic (exact) mass is 431 g/mol. The van der Waals surface area contributed by atoms with Gasteiger partial charge in [-0.3, -0.25) is 4.79 Å². The predicted molar refractivity (Wildman–Crippen MR) is 124 cm³/mol. The van der Waals surface area contributed by atoms with E-state index in [0.717, 1.165) is 35.2 Å². The quantitative estimate of drug-likeness (QED) is 0.538. The zero-order valence-corrected chi connectivity index (χ0v) is 18.6. The number of nitrogens with zero attached hydrogens (tertiary/aromatic N) is 2. The third kappa shape index (κ3) is 5.38. The van der Waals surface area contributed by atoms with Crippen molar-refractivity contribution in [2.24, 2.45) is 0 Å². The van der Waals surface area contributed by atoms with Gasteiger partial charge in [-0.2, -0.15) is 0 Å². The summed E-state index contributed by atoms with van der Waals surface area (Å²) in [5.74, 6) is 0.612. The van der Waals surface area contributed by atoms with E-state index in [0.29, 0.717) is 18.8 Å². The Morgan fingerprint density at radius 3 is 2.28 bits per heavy atom. The average Bonchev–Trinajstić information content (AvgIpc) is 3.50. The Kier molecular flexibility index (Phi) is 6.59. The Morgan fingerprint density at radius 1 is 0.938 bits per heavy atom. The fourth-order valence-corrected chi connectivity index (χ4v) is 3.82. The molecular weight excluding hydrogens is 402 g/mol. The van der Waals surface area contributed by atoms with Gasteiger partial charge in [0.2, 0.25) is 5.91 Å². The summed E-state index contributed by atoms with van der Waals surface area (Å²) < 4.78 is 5.48. The highest BCUT2D eigenvalue weighted by atomic mass is 16.3. The van der Waals surface area contributed by atoms with Crippen molar-refractivity contribution in [3.63, 3.8) is 0 Å². The molecule has 1 saturated carbocycles. The van der Waals surface area contributed by atoms with Gasteiger partial charge in [0.25, 0.3) is 0 Å². The first-order valence-electron chi connectivity index (χ1n) is 11.0. The molecule has 6 heteroatoms. The van der Waals surface area contributed by atoms with Crippen LogP contribution in [0.4, 0.5) is 10.5 Å². The number of carbonyl (C=O) groups excluding carboxylic acids is 2. The summed E-state index contributed by atoms with van der Waals surface area (Å²) in [5, 5.41) is 3.04. The summed E-state index contributed by atoms with van der Waals surface area (Å²) in [5.41, 5.74) is 3.85. The summed E-state index contributed by atoms with van der Waals surface area (Å²) in [6.07, 6.45) is 3.45. The number of benzene rings is 2. The van der Waals surface area contributed by atoms with E-state index < -0.39 is 0 Å². The van der Waals surface area contributed by atoms with Gasteiger partial charge in [-0.15, -0.1) is 0 Å². The second kappa shape index (κ2) is 9.73. The lowest BCUT2D eigenvalue weighted by molar-refractivity contribution is -0.133. The Bertz CT molecular complexity index is 1040. The van der Waals surface area contributed by atoms with Crippen molar-refractivity contribution in [1.29, 1.82) is 0 Å². The zero-order valence-electron chi connectivity index (χ0n) is 18.6. The maximum absolute atomic E-state index is 13.4. The van der Waals surface area contributed by atoms with Crippen LogP contribution in [0, 0.1) is 13.8 Å². The zero-order chi connectivity index (χ0) is 22.5. The van der Waals surface area contributed by atoms with Crippen LogP contribution in [0.15, 0.2) is 71.3 Å². The second-order valence-corrected chi connectivity index (χ2v) is 8.37. The van der Waals surface area contributed by atoms with Crippen LogP contribution in [-0.4, -0.2) is 34.3 Å². The standard InChI is InChI=1S/C26H29N3O3/c1-19-8-6-9-20(2)25(19)27-26(31)29(22-13-14-22)18-24(30)28(17-23-12-7-15-32-23)16-21-10-4-3-5-11-21/h3-12,15,22H,13-14,16-18H2,1-2H3,(H,27,31). The number of furan rings is 1. The molecule has 3 aromatic rings. The van der Waals surface area contributed by atoms with E-state index in [9.17, 15) is 9.59 Å². The summed E-state index contributed by atoms with van der Waals surface area (Å²) in [6.45, 7) is 4.80. The number of para-hydroxylation sites is 1. The van der Waals surface area contributed by atoms with Gasteiger partial charge in [0, 0.05) is 18.3 Å². The van der Waals surface area contributed by atoms with Crippen LogP contribution < -0.4 is 5.32 Å². The van der Waals surface area contributed by atoms with E-state index in [1.807, 2.05) is 74.5 Å². The number of nitrogens with one attached hydrogen (secondary N) is 1. The molecule has 4 rings (SSSR count). The summed E-state index contributed by atoms with van der Waals surface area (Å²) in [6, 6.07) is 19.3. The Morgan fingerprint density at radius 2 is 1.66 bits per heavy atom. The van der Waals surface area contributed by atoms with Crippen LogP contribution in [-0.2, 0) is 17.9 Å². The predicted octanol–water partition coefficient (Wildman–Crippen LogP) is 5.12. The fraction of sp³-hybridized carbons (Fsp3) is 0.308. The molecule has 0 atom stereocenters. The minimum absolute atomic E-state index is 0.0367. The van der Waals surface area contributed by atoms with Gasteiger partial charge in [-0.1, -0.05) is 48.5 Å². The molecule has 3 amide bonds. The molecule has 2 aromatic carbocycles. The molecule has 0 aliphatic heterocycles. The molecule has 1 heterocycles. The van der Waals surface area contributed by atoms with E-state index in [4.69, 9.17) is 4.42 Å². The van der Waals surface area contributed by atoms with Crippen molar-refractivity contribution in [1.82, 2.24) is 9.80 Å². The van der Waals surface area contributed by atoms with E-state index in [1.165, 1.54) is 0 Å². The first-order valence-corrected chi connectivity index (χ1v) is 11.0. The van der Waals surface area contributed by atoms with Crippen LogP contribution in [0.2, 0.25) is 0 Å². The Hall–Kier alpha value is -3.54. The summed E-state index contributed by atoms with van der Waals surface area (Å²) in [7, 11) is 0. The average molecular weight is 432 g/mol. The largest absolute Gasteiger partial charge is 0.467 e. The molecule has 1 fully saturated rings. The minimum atomic E-state index is -0.226. The highest BCUT2D eigenvalue weighted by Crippen LogP contribution is 2.29. The van der Waals surface area contributed by atoms with Crippen molar-refractivity contribution >= 4 is 17.6 Å². The number of aryl methyl sites for hydroxylation is 2. The minimum Gasteiger partial charge on any atom is -0.467 e. The topological polar surface area (TPSA) is 65.8 Å². The molecule has 0 radical (unpaired) electrons. The van der Waals surface area contributed by atoms with Crippen molar-refractivity contribution in [2.75, 3.05) is 11.9 Å². The first-order chi connectivity index (χ1) is 15.5. The number of carbonyl (C=O) groups is 2. The van der Waals surface area contributed by atoms with Crippen LogP contribution >= 0.6 is 0 Å². The molecule has 0 unspecified atom stereocenters. The third-order valence-electron chi connectivity index (χ3n) is 5.76. The second-order valence-electron chi connectivity index (χ2n) is 8.37. The van der Waals surface area contributed by atoms with Crippen LogP contribution in [0.25, 0.3) is 0 Å². The normalized spacial score (nSPS) is 12.9. The highest BCUT2D eigenvalue weighted by Gasteiger charge is 2.35. The lowest BCUT2D eigenvalue weighted by atomic mass is 10.1. The molecule has 1 aliphatic rings. The number of hydrogen-bond donors (Lipinski definition) is 1. The SMILES string of the molecule is Cc1cccc(C)c1NC(=O)N(CC(=O)N(Cc1ccccc1)Cc1ccco1)C1CC1. The van der Waals surface area contributed by atoms with Gasteiger partial charge in [0.1, 0.15) is 12.3 Å². The van der Waals surface area contributed by atoms with Crippen LogP contribution in [0.3, 0.4) is 0 Å². The molecule has 0 saturated heterocycles. The molecule has 1 aromatic heterocycles. The number of hydrogen-bond acceptors (Lipinski definition) is 3. The lowest BCUT2D eigenvalue weighted by Gasteiger charge is -2.28. The third-order valence-corrected chi connectivity index (χ3v) is 5.76. The number of anilines is 1. The van der Waals surface area contributed by atoms with Gasteiger partial charge in [0.05, 0.1) is 12.8 Å². The molecule has 1 aliphatic carbocycles. The summed E-state index contributed by atoms with van der Waals surface area (Å²) >= 11 is 0. The van der Waals surface area contributed by atoms with E-state index in [2.05, 4.69) is 5.32 Å². The number of urea groups is 1. The molecule has 0 bridgehead atoms. The molecule has 32 heavy (non-hydrogen) atoms. The van der Waals surface area contributed by atoms with Gasteiger partial charge in [-0.25, -0.2) is 4.79 Å². The van der Waals surface area contributed by atoms with Crippen molar-refractivity contribution in [3.8, 4) is 0 Å². The molecular formula is C26H29N3O3. The van der Waals surface area contributed by atoms with Crippen LogP contribution in [0.5, 0.6) is 0 Å². The van der Waals surface area contributed by atoms with Gasteiger partial charge in [0.15, 0.2) is 0 Å². The first kappa shape index (κ1) is 21.7. The van der Waals surface area contributed by atoms with Crippen molar-refractivity contribution in [3.05, 3.63) is 89.4 Å². The molecule has 1 N–H and O–H groups in total. The van der Waals surface area contributed by atoms with Crippen molar-refractivity contribution < 1.29 is 14.0 Å². The van der Waals surface area contributed by atoms with Gasteiger partial charge in [-0.05, 0) is 55.5 Å². The molecule has 0 spiro atoms. The summed E-state index contributed by atoms with van der Waals surface area (Å²) in [4.78, 5) is 29.9. The molecule has 166 valence electrons. The number of amides is 3. The fourth-order valence-electron chi connectivity index (χ4n) is 3.82. The van der Waals surface area contributed by atoms with Gasteiger partial charge >= 0.3 is 6.03 Å². The Balaban J connectivity index is 1.49. The maximum Gasteiger partial charge on any atom is 0.322 e. The van der Waals surface area contributed by atoms with E-state index in [-0.39, 0.29) is 24.5 Å². The Labute approximate surface area is 188 Å². The van der Waals surface area contributed by atoms with Crippen LogP contribution in [0.1, 0.15) is 35.3 Å². The maximum atomic E-state index is 13.4. The van der Waals surface area contributed by atoms with E-state index >= 15 is 0 Å². The number of rotatable bonds is 8. The van der Waals surface area contributed by atoms with Crippen molar-refractivity contribution in [2.45, 2.75) is 45.8 Å². The lowest BCUT2D eigenvalue weighted by Crippen LogP contribution is -2.45. The smallest absolute Gasteiger partial charge is 0.322 e. The molecule has 6 nitrogen and oxygen atoms in total. The van der Waals surface area contributed by atoms with E-state index in [1.54, 1.807) is 16.1 Å². The van der Waals surface area contributed by atoms with Gasteiger partial charge < -0.3 is 19.5 Å². The highest BCUT2D eigenvalue weighted by molar-refractivity contribution is 5.94.